The summed E-state index contributed by atoms with van der Waals surface area (Å²) in [5.74, 6) is 2.29. The van der Waals surface area contributed by atoms with Crippen LogP contribution in [0.25, 0.3) is 105 Å². The molecule has 0 fully saturated rings. The number of fused-ring (bicyclic) bond motifs is 8. The average molecular weight is 704 g/mol. The lowest BCUT2D eigenvalue weighted by molar-refractivity contribution is 0.487. The second-order valence-corrected chi connectivity index (χ2v) is 14.1. The van der Waals surface area contributed by atoms with Gasteiger partial charge in [0.1, 0.15) is 28.3 Å². The van der Waals surface area contributed by atoms with E-state index < -0.39 is 0 Å². The molecule has 5 heteroatoms. The molecule has 256 valence electrons. The Labute approximate surface area is 315 Å². The van der Waals surface area contributed by atoms with Crippen LogP contribution in [0.5, 0.6) is 11.5 Å². The largest absolute Gasteiger partial charge is 0.456 e. The van der Waals surface area contributed by atoms with Crippen LogP contribution >= 0.6 is 0 Å². The maximum Gasteiger partial charge on any atom is 0.180 e. The molecule has 0 N–H and O–H groups in total. The maximum absolute atomic E-state index is 6.71. The van der Waals surface area contributed by atoms with Crippen molar-refractivity contribution in [3.8, 4) is 62.1 Å². The number of rotatable bonds is 4. The molecule has 11 aromatic rings. The normalized spacial score (nSPS) is 12.1. The predicted octanol–water partition coefficient (Wildman–Crippen LogP) is 13.4. The van der Waals surface area contributed by atoms with Crippen molar-refractivity contribution >= 4 is 54.6 Å². The van der Waals surface area contributed by atoms with E-state index in [1.54, 1.807) is 0 Å². The van der Waals surface area contributed by atoms with E-state index in [1.165, 1.54) is 21.9 Å². The summed E-state index contributed by atoms with van der Waals surface area (Å²) in [6.45, 7) is 0. The molecule has 5 nitrogen and oxygen atoms in total. The molecule has 0 aliphatic carbocycles. The van der Waals surface area contributed by atoms with Gasteiger partial charge in [0, 0.05) is 43.9 Å². The van der Waals surface area contributed by atoms with E-state index in [-0.39, 0.29) is 0 Å². The Bertz CT molecular complexity index is 3340. The highest BCUT2D eigenvalue weighted by atomic mass is 16.5. The molecule has 8 aromatic carbocycles. The lowest BCUT2D eigenvalue weighted by Crippen LogP contribution is -2.01. The molecule has 55 heavy (non-hydrogen) atoms. The molecule has 0 spiro atoms. The van der Waals surface area contributed by atoms with Crippen LogP contribution in [0.4, 0.5) is 0 Å². The smallest absolute Gasteiger partial charge is 0.180 e. The number of nitrogens with zero attached hydrogens (tertiary/aromatic N) is 3. The Balaban J connectivity index is 1.06. The molecule has 3 aromatic heterocycles. The summed E-state index contributed by atoms with van der Waals surface area (Å²) in [7, 11) is 0. The number of furan rings is 1. The summed E-state index contributed by atoms with van der Waals surface area (Å²) in [5.41, 5.74) is 12.9. The van der Waals surface area contributed by atoms with Gasteiger partial charge in [0.05, 0.1) is 11.0 Å². The molecule has 1 aliphatic heterocycles. The van der Waals surface area contributed by atoms with Gasteiger partial charge in [0.2, 0.25) is 0 Å². The first kappa shape index (κ1) is 30.0. The minimum absolute atomic E-state index is 0.639. The van der Waals surface area contributed by atoms with Crippen LogP contribution in [0.1, 0.15) is 0 Å². The highest BCUT2D eigenvalue weighted by Crippen LogP contribution is 2.50. The van der Waals surface area contributed by atoms with E-state index in [4.69, 9.17) is 19.1 Å². The van der Waals surface area contributed by atoms with Crippen LogP contribution in [-0.4, -0.2) is 14.5 Å². The summed E-state index contributed by atoms with van der Waals surface area (Å²) >= 11 is 0. The van der Waals surface area contributed by atoms with Gasteiger partial charge >= 0.3 is 0 Å². The number of benzene rings is 8. The fourth-order valence-electron chi connectivity index (χ4n) is 8.52. The third kappa shape index (κ3) is 4.47. The first-order valence-electron chi connectivity index (χ1n) is 18.5. The Morgan fingerprint density at radius 2 is 1.16 bits per heavy atom. The van der Waals surface area contributed by atoms with Gasteiger partial charge in [0.25, 0.3) is 0 Å². The van der Waals surface area contributed by atoms with Gasteiger partial charge < -0.3 is 13.7 Å². The molecule has 0 bridgehead atoms. The molecule has 0 unspecified atom stereocenters. The molecule has 0 atom stereocenters. The van der Waals surface area contributed by atoms with Crippen molar-refractivity contribution in [2.45, 2.75) is 0 Å². The maximum atomic E-state index is 6.71. The number of aromatic nitrogens is 3. The van der Waals surface area contributed by atoms with Crippen LogP contribution in [0, 0.1) is 0 Å². The first-order chi connectivity index (χ1) is 27.3. The molecular formula is C50H29N3O2. The fraction of sp³-hybridized carbons (Fsp3) is 0. The summed E-state index contributed by atoms with van der Waals surface area (Å²) in [6, 6.07) is 61.4. The standard InChI is InChI=1S/C50H29N3O2/c1-3-12-30(13-4-1)32-22-24-35-34-16-7-9-20-41(34)53(42(35)28-32)33-23-26-44-40(29-33)37-19-11-18-36-38(25-27-45(54-44)46(36)37)50-51-47(31-14-5-2-6-15-31)49-48(52-50)39-17-8-10-21-43(39)55-49/h1-29H. The van der Waals surface area contributed by atoms with Crippen molar-refractivity contribution < 1.29 is 9.15 Å². The Hall–Kier alpha value is -7.50. The number of hydrogen-bond acceptors (Lipinski definition) is 4. The van der Waals surface area contributed by atoms with Gasteiger partial charge in [-0.15, -0.1) is 0 Å². The van der Waals surface area contributed by atoms with Crippen molar-refractivity contribution in [1.29, 1.82) is 0 Å². The Kier molecular flexibility index (Phi) is 6.27. The van der Waals surface area contributed by atoms with Crippen molar-refractivity contribution in [3.63, 3.8) is 0 Å². The topological polar surface area (TPSA) is 53.1 Å². The highest BCUT2D eigenvalue weighted by molar-refractivity contribution is 6.13. The molecule has 1 aliphatic rings. The van der Waals surface area contributed by atoms with Crippen LogP contribution < -0.4 is 4.74 Å². The zero-order chi connectivity index (χ0) is 36.0. The van der Waals surface area contributed by atoms with Crippen molar-refractivity contribution in [1.82, 2.24) is 14.5 Å². The van der Waals surface area contributed by atoms with E-state index in [9.17, 15) is 0 Å². The Morgan fingerprint density at radius 1 is 0.436 bits per heavy atom. The highest BCUT2D eigenvalue weighted by Gasteiger charge is 2.25. The monoisotopic (exact) mass is 703 g/mol. The molecule has 0 radical (unpaired) electrons. The van der Waals surface area contributed by atoms with Crippen molar-refractivity contribution in [3.05, 3.63) is 176 Å². The SMILES string of the molecule is c1ccc(-c2ccc3c4ccccc4n(-c4ccc5c(c4)-c4cccc6c(-c7nc(-c8ccccc8)c8oc9ccccc9c8n7)ccc(c46)O5)c3c2)cc1. The fourth-order valence-corrected chi connectivity index (χ4v) is 8.52. The van der Waals surface area contributed by atoms with E-state index in [1.807, 2.05) is 36.4 Å². The van der Waals surface area contributed by atoms with Crippen molar-refractivity contribution in [2.24, 2.45) is 0 Å². The first-order valence-corrected chi connectivity index (χ1v) is 18.5. The minimum Gasteiger partial charge on any atom is -0.456 e. The molecular weight excluding hydrogens is 675 g/mol. The quantitative estimate of drug-likeness (QED) is 0.183. The lowest BCUT2D eigenvalue weighted by Gasteiger charge is -2.23. The summed E-state index contributed by atoms with van der Waals surface area (Å²) < 4.78 is 15.5. The molecule has 0 saturated heterocycles. The van der Waals surface area contributed by atoms with Crippen molar-refractivity contribution in [2.75, 3.05) is 0 Å². The lowest BCUT2D eigenvalue weighted by atomic mass is 9.92. The minimum atomic E-state index is 0.639. The molecule has 12 rings (SSSR count). The van der Waals surface area contributed by atoms with Gasteiger partial charge in [-0.2, -0.15) is 0 Å². The third-order valence-corrected chi connectivity index (χ3v) is 11.0. The van der Waals surface area contributed by atoms with E-state index >= 15 is 0 Å². The zero-order valence-corrected chi connectivity index (χ0v) is 29.4. The molecule has 4 heterocycles. The van der Waals surface area contributed by atoms with Crippen LogP contribution in [-0.2, 0) is 0 Å². The summed E-state index contributed by atoms with van der Waals surface area (Å²) in [5, 5.41) is 5.48. The average Bonchev–Trinajstić information content (AvgIpc) is 3.79. The summed E-state index contributed by atoms with van der Waals surface area (Å²) in [6.07, 6.45) is 0. The molecule has 0 saturated carbocycles. The number of hydrogen-bond donors (Lipinski definition) is 0. The predicted molar refractivity (Wildman–Crippen MR) is 223 cm³/mol. The van der Waals surface area contributed by atoms with Gasteiger partial charge in [-0.25, -0.2) is 9.97 Å². The second-order valence-electron chi connectivity index (χ2n) is 14.1. The Morgan fingerprint density at radius 3 is 2.04 bits per heavy atom. The van der Waals surface area contributed by atoms with E-state index in [2.05, 4.69) is 144 Å². The number of para-hydroxylation sites is 2. The zero-order valence-electron chi connectivity index (χ0n) is 29.4. The van der Waals surface area contributed by atoms with Crippen LogP contribution in [0.2, 0.25) is 0 Å². The number of ether oxygens (including phenoxy) is 1. The van der Waals surface area contributed by atoms with Gasteiger partial charge in [0.15, 0.2) is 11.4 Å². The summed E-state index contributed by atoms with van der Waals surface area (Å²) in [4.78, 5) is 10.4. The van der Waals surface area contributed by atoms with Gasteiger partial charge in [-0.05, 0) is 76.7 Å². The van der Waals surface area contributed by atoms with Crippen LogP contribution in [0.15, 0.2) is 180 Å². The molecule has 0 amide bonds. The second kappa shape index (κ2) is 11.5. The van der Waals surface area contributed by atoms with Gasteiger partial charge in [-0.3, -0.25) is 0 Å². The van der Waals surface area contributed by atoms with Gasteiger partial charge in [-0.1, -0.05) is 121 Å². The third-order valence-electron chi connectivity index (χ3n) is 11.0. The van der Waals surface area contributed by atoms with Crippen LogP contribution in [0.3, 0.4) is 0 Å². The van der Waals surface area contributed by atoms with E-state index in [0.717, 1.165) is 83.4 Å². The van der Waals surface area contributed by atoms with E-state index in [0.29, 0.717) is 11.4 Å².